The molecule has 3 atom stereocenters. The van der Waals surface area contributed by atoms with Crippen molar-refractivity contribution in [3.63, 3.8) is 0 Å². The van der Waals surface area contributed by atoms with Gasteiger partial charge in [-0.3, -0.25) is 4.79 Å². The summed E-state index contributed by atoms with van der Waals surface area (Å²) in [6, 6.07) is 6.96. The number of nitrogens with zero attached hydrogens (tertiary/aromatic N) is 4. The van der Waals surface area contributed by atoms with Crippen LogP contribution in [0.3, 0.4) is 0 Å². The minimum absolute atomic E-state index is 0.0935. The molecule has 8 nitrogen and oxygen atoms in total. The van der Waals surface area contributed by atoms with Crippen LogP contribution in [0.15, 0.2) is 29.4 Å². The number of nitrogens with one attached hydrogen (secondary N) is 1. The van der Waals surface area contributed by atoms with Crippen molar-refractivity contribution < 1.29 is 14.3 Å². The molecule has 1 aliphatic rings. The second-order valence-corrected chi connectivity index (χ2v) is 9.18. The van der Waals surface area contributed by atoms with E-state index < -0.39 is 0 Å². The molecule has 0 radical (unpaired) electrons. The summed E-state index contributed by atoms with van der Waals surface area (Å²) in [5.74, 6) is 0.864. The van der Waals surface area contributed by atoms with E-state index in [1.165, 1.54) is 22.9 Å². The number of hydrogen-bond donors (Lipinski definition) is 1. The van der Waals surface area contributed by atoms with Crippen molar-refractivity contribution in [3.8, 4) is 0 Å². The first-order valence-corrected chi connectivity index (χ1v) is 11.3. The molecule has 3 rings (SSSR count). The summed E-state index contributed by atoms with van der Waals surface area (Å²) in [4.78, 5) is 25.4. The first-order chi connectivity index (χ1) is 14.3. The highest BCUT2D eigenvalue weighted by Crippen LogP contribution is 2.36. The standard InChI is InChI=1S/C21H29N5O3S/c1-13(2)15-10-9-14(3)11-18(15)29-20(28)16-7-5-6-8-17(16)22-19(27)12-30-21-23-24-25-26(21)4/h5-8,13-15,18H,9-12H2,1-4H3,(H,22,27)/t14-,15-,18+/m1/s1. The highest BCUT2D eigenvalue weighted by molar-refractivity contribution is 7.99. The van der Waals surface area contributed by atoms with E-state index >= 15 is 0 Å². The first kappa shape index (κ1) is 22.3. The molecule has 0 bridgehead atoms. The largest absolute Gasteiger partial charge is 0.458 e. The summed E-state index contributed by atoms with van der Waals surface area (Å²) < 4.78 is 7.45. The number of benzene rings is 1. The number of esters is 1. The van der Waals surface area contributed by atoms with Crippen molar-refractivity contribution in [1.82, 2.24) is 20.2 Å². The van der Waals surface area contributed by atoms with Crippen LogP contribution in [0.25, 0.3) is 0 Å². The molecule has 1 fully saturated rings. The Morgan fingerprint density at radius 2 is 2.07 bits per heavy atom. The Morgan fingerprint density at radius 3 is 2.77 bits per heavy atom. The lowest BCUT2D eigenvalue weighted by Crippen LogP contribution is -2.36. The molecule has 0 spiro atoms. The van der Waals surface area contributed by atoms with Gasteiger partial charge in [-0.15, -0.1) is 5.10 Å². The summed E-state index contributed by atoms with van der Waals surface area (Å²) in [6.45, 7) is 6.57. The van der Waals surface area contributed by atoms with E-state index in [0.29, 0.717) is 34.2 Å². The van der Waals surface area contributed by atoms with E-state index in [0.717, 1.165) is 12.8 Å². The molecule has 1 aromatic heterocycles. The van der Waals surface area contributed by atoms with Crippen molar-refractivity contribution >= 4 is 29.3 Å². The number of rotatable bonds is 7. The number of para-hydroxylation sites is 1. The number of amides is 1. The summed E-state index contributed by atoms with van der Waals surface area (Å²) >= 11 is 1.23. The number of carbonyl (C=O) groups excluding carboxylic acids is 2. The van der Waals surface area contributed by atoms with E-state index in [2.05, 4.69) is 41.6 Å². The van der Waals surface area contributed by atoms with Gasteiger partial charge in [0.1, 0.15) is 6.10 Å². The quantitative estimate of drug-likeness (QED) is 0.528. The lowest BCUT2D eigenvalue weighted by atomic mass is 9.75. The Balaban J connectivity index is 1.65. The van der Waals surface area contributed by atoms with Crippen LogP contribution in [-0.2, 0) is 16.6 Å². The number of carbonyl (C=O) groups is 2. The van der Waals surface area contributed by atoms with Crippen LogP contribution in [0, 0.1) is 17.8 Å². The van der Waals surface area contributed by atoms with Gasteiger partial charge in [0.05, 0.1) is 17.0 Å². The van der Waals surface area contributed by atoms with Crippen LogP contribution in [0.5, 0.6) is 0 Å². The third-order valence-electron chi connectivity index (χ3n) is 5.55. The molecule has 0 unspecified atom stereocenters. The Kier molecular flexibility index (Phi) is 7.47. The second-order valence-electron chi connectivity index (χ2n) is 8.24. The van der Waals surface area contributed by atoms with Gasteiger partial charge in [0.2, 0.25) is 11.1 Å². The second kappa shape index (κ2) is 10.1. The van der Waals surface area contributed by atoms with Gasteiger partial charge in [-0.2, -0.15) is 0 Å². The number of anilines is 1. The fraction of sp³-hybridized carbons (Fsp3) is 0.571. The van der Waals surface area contributed by atoms with Crippen molar-refractivity contribution in [1.29, 1.82) is 0 Å². The maximum atomic E-state index is 13.0. The summed E-state index contributed by atoms with van der Waals surface area (Å²) in [6.07, 6.45) is 3.03. The Labute approximate surface area is 181 Å². The van der Waals surface area contributed by atoms with Crippen molar-refractivity contribution in [2.45, 2.75) is 51.3 Å². The Hall–Kier alpha value is -2.42. The molecular formula is C21H29N5O3S. The van der Waals surface area contributed by atoms with Gasteiger partial charge in [0, 0.05) is 7.05 Å². The summed E-state index contributed by atoms with van der Waals surface area (Å²) in [5.41, 5.74) is 0.825. The van der Waals surface area contributed by atoms with Gasteiger partial charge in [-0.1, -0.05) is 51.1 Å². The fourth-order valence-corrected chi connectivity index (χ4v) is 4.53. The zero-order valence-corrected chi connectivity index (χ0v) is 18.7. The molecule has 2 aromatic rings. The number of aryl methyl sites for hydroxylation is 1. The Morgan fingerprint density at radius 1 is 1.30 bits per heavy atom. The zero-order chi connectivity index (χ0) is 21.7. The number of thioether (sulfide) groups is 1. The highest BCUT2D eigenvalue weighted by Gasteiger charge is 2.34. The third kappa shape index (κ3) is 5.59. The van der Waals surface area contributed by atoms with Crippen molar-refractivity contribution in [3.05, 3.63) is 29.8 Å². The maximum absolute atomic E-state index is 13.0. The molecule has 9 heteroatoms. The monoisotopic (exact) mass is 431 g/mol. The van der Waals surface area contributed by atoms with E-state index in [1.54, 1.807) is 31.3 Å². The van der Waals surface area contributed by atoms with Crippen molar-refractivity contribution in [2.24, 2.45) is 24.8 Å². The van der Waals surface area contributed by atoms with Gasteiger partial charge in [-0.25, -0.2) is 9.48 Å². The van der Waals surface area contributed by atoms with Gasteiger partial charge >= 0.3 is 5.97 Å². The lowest BCUT2D eigenvalue weighted by Gasteiger charge is -2.36. The molecule has 1 aliphatic carbocycles. The predicted molar refractivity (Wildman–Crippen MR) is 115 cm³/mol. The average Bonchev–Trinajstić information content (AvgIpc) is 3.11. The topological polar surface area (TPSA) is 99.0 Å². The van der Waals surface area contributed by atoms with E-state index in [4.69, 9.17) is 4.74 Å². The van der Waals surface area contributed by atoms with Gasteiger partial charge in [0.15, 0.2) is 0 Å². The molecule has 30 heavy (non-hydrogen) atoms. The Bertz CT molecular complexity index is 885. The smallest absolute Gasteiger partial charge is 0.340 e. The van der Waals surface area contributed by atoms with Gasteiger partial charge in [0.25, 0.3) is 0 Å². The third-order valence-corrected chi connectivity index (χ3v) is 6.57. The number of hydrogen-bond acceptors (Lipinski definition) is 7. The minimum Gasteiger partial charge on any atom is -0.458 e. The number of aromatic nitrogens is 4. The molecule has 1 amide bonds. The summed E-state index contributed by atoms with van der Waals surface area (Å²) in [5, 5.41) is 14.5. The summed E-state index contributed by atoms with van der Waals surface area (Å²) in [7, 11) is 1.71. The zero-order valence-electron chi connectivity index (χ0n) is 17.9. The van der Waals surface area contributed by atoms with Crippen LogP contribution in [0.4, 0.5) is 5.69 Å². The lowest BCUT2D eigenvalue weighted by molar-refractivity contribution is -0.113. The number of ether oxygens (including phenoxy) is 1. The van der Waals surface area contributed by atoms with E-state index in [9.17, 15) is 9.59 Å². The highest BCUT2D eigenvalue weighted by atomic mass is 32.2. The molecule has 1 saturated carbocycles. The van der Waals surface area contributed by atoms with Crippen LogP contribution >= 0.6 is 11.8 Å². The predicted octanol–water partition coefficient (Wildman–Crippen LogP) is 3.56. The molecule has 0 saturated heterocycles. The van der Waals surface area contributed by atoms with Crippen molar-refractivity contribution in [2.75, 3.05) is 11.1 Å². The molecule has 1 N–H and O–H groups in total. The first-order valence-electron chi connectivity index (χ1n) is 10.3. The fourth-order valence-electron chi connectivity index (χ4n) is 3.88. The molecule has 162 valence electrons. The van der Waals surface area contributed by atoms with Crippen LogP contribution < -0.4 is 5.32 Å². The van der Waals surface area contributed by atoms with E-state index in [-0.39, 0.29) is 23.7 Å². The normalized spacial score (nSPS) is 21.4. The molecule has 0 aliphatic heterocycles. The SMILES string of the molecule is CC(C)[C@H]1CC[C@@H](C)C[C@@H]1OC(=O)c1ccccc1NC(=O)CSc1nnnn1C. The van der Waals surface area contributed by atoms with E-state index in [1.807, 2.05) is 0 Å². The number of tetrazole rings is 1. The van der Waals surface area contributed by atoms with Gasteiger partial charge < -0.3 is 10.1 Å². The van der Waals surface area contributed by atoms with Gasteiger partial charge in [-0.05, 0) is 53.2 Å². The molecule has 1 heterocycles. The molecule has 1 aromatic carbocycles. The average molecular weight is 432 g/mol. The van der Waals surface area contributed by atoms with Crippen LogP contribution in [0.2, 0.25) is 0 Å². The maximum Gasteiger partial charge on any atom is 0.340 e. The van der Waals surface area contributed by atoms with Crippen LogP contribution in [0.1, 0.15) is 50.4 Å². The molecular weight excluding hydrogens is 402 g/mol. The van der Waals surface area contributed by atoms with Crippen LogP contribution in [-0.4, -0.2) is 43.9 Å². The minimum atomic E-state index is -0.388.